The van der Waals surface area contributed by atoms with E-state index < -0.39 is 5.97 Å². The van der Waals surface area contributed by atoms with E-state index >= 15 is 0 Å². The number of nitrogens with zero attached hydrogens (tertiary/aromatic N) is 2. The summed E-state index contributed by atoms with van der Waals surface area (Å²) in [4.78, 5) is 38.9. The van der Waals surface area contributed by atoms with Crippen LogP contribution in [0.3, 0.4) is 0 Å². The highest BCUT2D eigenvalue weighted by molar-refractivity contribution is 5.85. The number of urea groups is 1. The smallest absolute Gasteiger partial charge is 0.318 e. The van der Waals surface area contributed by atoms with E-state index in [0.717, 1.165) is 5.56 Å². The molecule has 1 saturated carbocycles. The molecule has 1 aromatic rings. The quantitative estimate of drug-likeness (QED) is 0.838. The molecule has 0 unspecified atom stereocenters. The lowest BCUT2D eigenvalue weighted by Gasteiger charge is -2.36. The SMILES string of the molecule is O=C(O)C1CCC(NC(=O)N2CCN(Cc3cccc(F)c3)C(=O)C2)CC1. The third-order valence-corrected chi connectivity index (χ3v) is 5.27. The topological polar surface area (TPSA) is 89.9 Å². The highest BCUT2D eigenvalue weighted by Crippen LogP contribution is 2.24. The van der Waals surface area contributed by atoms with Gasteiger partial charge in [-0.1, -0.05) is 12.1 Å². The first-order chi connectivity index (χ1) is 12.9. The fourth-order valence-corrected chi connectivity index (χ4v) is 3.66. The minimum Gasteiger partial charge on any atom is -0.481 e. The van der Waals surface area contributed by atoms with E-state index in [9.17, 15) is 18.8 Å². The lowest BCUT2D eigenvalue weighted by Crippen LogP contribution is -2.55. The van der Waals surface area contributed by atoms with Crippen LogP contribution in [0, 0.1) is 11.7 Å². The Hall–Kier alpha value is -2.64. The molecule has 0 spiro atoms. The molecule has 7 nitrogen and oxygen atoms in total. The highest BCUT2D eigenvalue weighted by atomic mass is 19.1. The van der Waals surface area contributed by atoms with Crippen LogP contribution in [0.25, 0.3) is 0 Å². The fraction of sp³-hybridized carbons (Fsp3) is 0.526. The number of carbonyl (C=O) groups excluding carboxylic acids is 2. The molecule has 2 N–H and O–H groups in total. The number of carboxylic acids is 1. The molecule has 146 valence electrons. The largest absolute Gasteiger partial charge is 0.481 e. The number of piperazine rings is 1. The molecule has 0 radical (unpaired) electrons. The molecule has 3 amide bonds. The molecular weight excluding hydrogens is 353 g/mol. The number of carbonyl (C=O) groups is 3. The van der Waals surface area contributed by atoms with Crippen molar-refractivity contribution in [2.75, 3.05) is 19.6 Å². The summed E-state index contributed by atoms with van der Waals surface area (Å²) in [6.07, 6.45) is 2.38. The zero-order valence-electron chi connectivity index (χ0n) is 15.1. The number of amides is 3. The predicted octanol–water partition coefficient (Wildman–Crippen LogP) is 1.82. The number of halogens is 1. The Bertz CT molecular complexity index is 719. The van der Waals surface area contributed by atoms with E-state index in [1.165, 1.54) is 17.0 Å². The summed E-state index contributed by atoms with van der Waals surface area (Å²) in [5.41, 5.74) is 0.719. The second kappa shape index (κ2) is 8.37. The fourth-order valence-electron chi connectivity index (χ4n) is 3.66. The van der Waals surface area contributed by atoms with E-state index in [1.54, 1.807) is 17.0 Å². The van der Waals surface area contributed by atoms with Crippen molar-refractivity contribution in [3.05, 3.63) is 35.6 Å². The molecule has 0 bridgehead atoms. The van der Waals surface area contributed by atoms with Gasteiger partial charge in [-0.3, -0.25) is 9.59 Å². The summed E-state index contributed by atoms with van der Waals surface area (Å²) >= 11 is 0. The van der Waals surface area contributed by atoms with Gasteiger partial charge in [-0.2, -0.15) is 0 Å². The molecular formula is C19H24FN3O4. The van der Waals surface area contributed by atoms with Gasteiger partial charge in [-0.15, -0.1) is 0 Å². The van der Waals surface area contributed by atoms with Crippen LogP contribution < -0.4 is 5.32 Å². The lowest BCUT2D eigenvalue weighted by atomic mass is 9.86. The van der Waals surface area contributed by atoms with E-state index in [-0.39, 0.29) is 36.3 Å². The first kappa shape index (κ1) is 19.1. The number of hydrogen-bond donors (Lipinski definition) is 2. The molecule has 27 heavy (non-hydrogen) atoms. The Kier molecular flexibility index (Phi) is 5.93. The van der Waals surface area contributed by atoms with Gasteiger partial charge in [0.2, 0.25) is 5.91 Å². The summed E-state index contributed by atoms with van der Waals surface area (Å²) in [7, 11) is 0. The highest BCUT2D eigenvalue weighted by Gasteiger charge is 2.30. The van der Waals surface area contributed by atoms with Gasteiger partial charge in [0.25, 0.3) is 0 Å². The summed E-state index contributed by atoms with van der Waals surface area (Å²) in [5.74, 6) is -1.61. The lowest BCUT2D eigenvalue weighted by molar-refractivity contribution is -0.143. The monoisotopic (exact) mass is 377 g/mol. The summed E-state index contributed by atoms with van der Waals surface area (Å²) in [6.45, 7) is 1.13. The zero-order valence-corrected chi connectivity index (χ0v) is 15.1. The molecule has 1 saturated heterocycles. The average Bonchev–Trinajstić information content (AvgIpc) is 2.64. The molecule has 2 aliphatic rings. The van der Waals surface area contributed by atoms with Crippen LogP contribution >= 0.6 is 0 Å². The Morgan fingerprint density at radius 1 is 1.19 bits per heavy atom. The normalized spacial score (nSPS) is 23.2. The number of rotatable bonds is 4. The van der Waals surface area contributed by atoms with Gasteiger partial charge in [0, 0.05) is 25.7 Å². The number of carboxylic acid groups (broad SMARTS) is 1. The van der Waals surface area contributed by atoms with Crippen molar-refractivity contribution < 1.29 is 23.9 Å². The van der Waals surface area contributed by atoms with Crippen LogP contribution in [-0.4, -0.2) is 58.5 Å². The number of aliphatic carboxylic acids is 1. The Balaban J connectivity index is 1.47. The van der Waals surface area contributed by atoms with Crippen molar-refractivity contribution in [2.24, 2.45) is 5.92 Å². The molecule has 0 aromatic heterocycles. The Morgan fingerprint density at radius 2 is 1.93 bits per heavy atom. The first-order valence-electron chi connectivity index (χ1n) is 9.23. The van der Waals surface area contributed by atoms with Gasteiger partial charge < -0.3 is 20.2 Å². The second-order valence-electron chi connectivity index (χ2n) is 7.20. The van der Waals surface area contributed by atoms with Gasteiger partial charge in [0.05, 0.1) is 5.92 Å². The molecule has 1 heterocycles. The maximum Gasteiger partial charge on any atom is 0.318 e. The van der Waals surface area contributed by atoms with Crippen LogP contribution in [0.2, 0.25) is 0 Å². The van der Waals surface area contributed by atoms with Gasteiger partial charge in [0.15, 0.2) is 0 Å². The number of hydrogen-bond acceptors (Lipinski definition) is 3. The number of nitrogens with one attached hydrogen (secondary N) is 1. The van der Waals surface area contributed by atoms with Crippen LogP contribution in [-0.2, 0) is 16.1 Å². The molecule has 0 atom stereocenters. The van der Waals surface area contributed by atoms with Crippen LogP contribution in [0.5, 0.6) is 0 Å². The first-order valence-corrected chi connectivity index (χ1v) is 9.23. The van der Waals surface area contributed by atoms with E-state index in [4.69, 9.17) is 5.11 Å². The van der Waals surface area contributed by atoms with Crippen LogP contribution in [0.4, 0.5) is 9.18 Å². The molecule has 2 fully saturated rings. The summed E-state index contributed by atoms with van der Waals surface area (Å²) in [5, 5.41) is 11.9. The summed E-state index contributed by atoms with van der Waals surface area (Å²) in [6, 6.07) is 5.80. The van der Waals surface area contributed by atoms with Crippen molar-refractivity contribution in [1.29, 1.82) is 0 Å². The van der Waals surface area contributed by atoms with Crippen molar-refractivity contribution >= 4 is 17.9 Å². The Labute approximate surface area is 157 Å². The maximum absolute atomic E-state index is 13.3. The van der Waals surface area contributed by atoms with Crippen molar-refractivity contribution in [1.82, 2.24) is 15.1 Å². The Morgan fingerprint density at radius 3 is 2.56 bits per heavy atom. The minimum absolute atomic E-state index is 0.00831. The van der Waals surface area contributed by atoms with E-state index in [2.05, 4.69) is 5.32 Å². The molecule has 1 aliphatic heterocycles. The third-order valence-electron chi connectivity index (χ3n) is 5.27. The van der Waals surface area contributed by atoms with E-state index in [0.29, 0.717) is 45.3 Å². The standard InChI is InChI=1S/C19H24FN3O4/c20-15-3-1-2-13(10-15)11-22-8-9-23(12-17(22)24)19(27)21-16-6-4-14(5-7-16)18(25)26/h1-3,10,14,16H,4-9,11-12H2,(H,21,27)(H,25,26). The zero-order chi connectivity index (χ0) is 19.4. The van der Waals surface area contributed by atoms with Gasteiger partial charge in [0.1, 0.15) is 12.4 Å². The average molecular weight is 377 g/mol. The minimum atomic E-state index is -0.778. The molecule has 3 rings (SSSR count). The molecule has 1 aromatic carbocycles. The van der Waals surface area contributed by atoms with Gasteiger partial charge in [-0.25, -0.2) is 9.18 Å². The molecule has 1 aliphatic carbocycles. The molecule has 8 heteroatoms. The van der Waals surface area contributed by atoms with Crippen molar-refractivity contribution in [3.8, 4) is 0 Å². The van der Waals surface area contributed by atoms with E-state index in [1.807, 2.05) is 0 Å². The maximum atomic E-state index is 13.3. The van der Waals surface area contributed by atoms with Crippen molar-refractivity contribution in [2.45, 2.75) is 38.3 Å². The number of benzene rings is 1. The predicted molar refractivity (Wildman–Crippen MR) is 95.3 cm³/mol. The second-order valence-corrected chi connectivity index (χ2v) is 7.20. The van der Waals surface area contributed by atoms with Gasteiger partial charge in [-0.05, 0) is 43.4 Å². The van der Waals surface area contributed by atoms with Crippen LogP contribution in [0.15, 0.2) is 24.3 Å². The third kappa shape index (κ3) is 4.96. The summed E-state index contributed by atoms with van der Waals surface area (Å²) < 4.78 is 13.3. The van der Waals surface area contributed by atoms with Crippen molar-refractivity contribution in [3.63, 3.8) is 0 Å². The van der Waals surface area contributed by atoms with Gasteiger partial charge >= 0.3 is 12.0 Å². The van der Waals surface area contributed by atoms with Crippen LogP contribution in [0.1, 0.15) is 31.2 Å².